The molecule has 0 spiro atoms. The Labute approximate surface area is 193 Å². The highest BCUT2D eigenvalue weighted by Crippen LogP contribution is 2.66. The van der Waals surface area contributed by atoms with Crippen LogP contribution in [0.3, 0.4) is 0 Å². The Bertz CT molecular complexity index is 1090. The van der Waals surface area contributed by atoms with E-state index in [4.69, 9.17) is 14.7 Å². The van der Waals surface area contributed by atoms with E-state index in [0.29, 0.717) is 17.8 Å². The van der Waals surface area contributed by atoms with Crippen molar-refractivity contribution in [3.8, 4) is 5.75 Å². The molecular weight excluding hydrogens is 392 g/mol. The molecule has 1 heterocycles. The van der Waals surface area contributed by atoms with E-state index in [-0.39, 0.29) is 16.2 Å². The van der Waals surface area contributed by atoms with Gasteiger partial charge in [-0.05, 0) is 34.1 Å². The van der Waals surface area contributed by atoms with Gasteiger partial charge in [0.25, 0.3) is 0 Å². The van der Waals surface area contributed by atoms with Crippen molar-refractivity contribution in [3.05, 3.63) is 59.2 Å². The summed E-state index contributed by atoms with van der Waals surface area (Å²) >= 11 is 0. The average molecular weight is 429 g/mol. The van der Waals surface area contributed by atoms with E-state index in [1.54, 1.807) is 7.11 Å². The fraction of sp³-hybridized carbons (Fsp3) is 0.517. The smallest absolute Gasteiger partial charge is 0.118 e. The van der Waals surface area contributed by atoms with Crippen molar-refractivity contribution in [1.82, 2.24) is 0 Å². The van der Waals surface area contributed by atoms with Gasteiger partial charge < -0.3 is 4.74 Å². The minimum absolute atomic E-state index is 0.0364. The average Bonchev–Trinajstić information content (AvgIpc) is 3.18. The molecule has 4 aliphatic carbocycles. The van der Waals surface area contributed by atoms with Crippen LogP contribution in [0.4, 0.5) is 0 Å². The van der Waals surface area contributed by atoms with Crippen molar-refractivity contribution < 1.29 is 4.74 Å². The van der Waals surface area contributed by atoms with Crippen LogP contribution in [0.1, 0.15) is 47.1 Å². The highest BCUT2D eigenvalue weighted by atomic mass is 16.5. The molecule has 3 nitrogen and oxygen atoms in total. The summed E-state index contributed by atoms with van der Waals surface area (Å²) in [5.74, 6) is 2.03. The number of hydrogen-bond acceptors (Lipinski definition) is 3. The van der Waals surface area contributed by atoms with Crippen LogP contribution >= 0.6 is 0 Å². The fourth-order valence-corrected chi connectivity index (χ4v) is 6.52. The molecule has 1 aliphatic heterocycles. The van der Waals surface area contributed by atoms with Crippen LogP contribution in [-0.2, 0) is 0 Å². The zero-order valence-electron chi connectivity index (χ0n) is 20.6. The molecule has 1 aromatic rings. The Balaban J connectivity index is 1.71. The van der Waals surface area contributed by atoms with Gasteiger partial charge in [-0.1, -0.05) is 83.6 Å². The number of allylic oxidation sites excluding steroid dienone is 5. The quantitative estimate of drug-likeness (QED) is 0.500. The van der Waals surface area contributed by atoms with Crippen molar-refractivity contribution in [2.24, 2.45) is 44.0 Å². The zero-order chi connectivity index (χ0) is 22.9. The molecule has 6 rings (SSSR count). The third-order valence-electron chi connectivity index (χ3n) is 8.01. The molecule has 1 aromatic carbocycles. The number of ether oxygens (including phenoxy) is 1. The van der Waals surface area contributed by atoms with Crippen molar-refractivity contribution in [1.29, 1.82) is 0 Å². The molecule has 32 heavy (non-hydrogen) atoms. The summed E-state index contributed by atoms with van der Waals surface area (Å²) < 4.78 is 5.36. The van der Waals surface area contributed by atoms with Gasteiger partial charge in [0.1, 0.15) is 5.75 Å². The molecular formula is C29H36N2O. The summed E-state index contributed by atoms with van der Waals surface area (Å²) in [5, 5.41) is 0. The van der Waals surface area contributed by atoms with Crippen molar-refractivity contribution in [2.75, 3.05) is 20.2 Å². The molecule has 1 saturated carbocycles. The van der Waals surface area contributed by atoms with Crippen molar-refractivity contribution in [3.63, 3.8) is 0 Å². The second kappa shape index (κ2) is 7.04. The fourth-order valence-electron chi connectivity index (χ4n) is 6.52. The Morgan fingerprint density at radius 1 is 1.00 bits per heavy atom. The van der Waals surface area contributed by atoms with Gasteiger partial charge in [0, 0.05) is 23.2 Å². The highest BCUT2D eigenvalue weighted by molar-refractivity contribution is 6.48. The largest absolute Gasteiger partial charge is 0.497 e. The molecule has 2 bridgehead atoms. The van der Waals surface area contributed by atoms with E-state index >= 15 is 0 Å². The number of aliphatic imine (C=N–C) groups is 2. The summed E-state index contributed by atoms with van der Waals surface area (Å²) in [6.07, 6.45) is 9.86. The van der Waals surface area contributed by atoms with Gasteiger partial charge in [-0.3, -0.25) is 9.98 Å². The van der Waals surface area contributed by atoms with Crippen LogP contribution in [0.25, 0.3) is 6.08 Å². The molecule has 0 radical (unpaired) electrons. The molecule has 0 saturated heterocycles. The SMILES string of the molecule is COc1ccc(/C=C2/C=C[C@H]3[C@@H]2[C@@H]2C(C(C)(C)C)=C[C@@]3(C(C)(C)C)C3=NCCN=C32)cc1. The Morgan fingerprint density at radius 2 is 1.69 bits per heavy atom. The first-order valence-corrected chi connectivity index (χ1v) is 11.9. The van der Waals surface area contributed by atoms with E-state index in [9.17, 15) is 0 Å². The van der Waals surface area contributed by atoms with E-state index in [1.165, 1.54) is 28.1 Å². The van der Waals surface area contributed by atoms with E-state index < -0.39 is 0 Å². The lowest BCUT2D eigenvalue weighted by molar-refractivity contribution is 0.108. The maximum absolute atomic E-state index is 5.36. The van der Waals surface area contributed by atoms with Gasteiger partial charge in [0.15, 0.2) is 0 Å². The number of hydrogen-bond donors (Lipinski definition) is 0. The predicted octanol–water partition coefficient (Wildman–Crippen LogP) is 6.42. The second-order valence-corrected chi connectivity index (χ2v) is 11.8. The molecule has 1 fully saturated rings. The standard InChI is InChI=1S/C29H36N2O/c1-27(2,3)22-17-29(28(4,5)6)21-13-10-19(16-18-8-11-20(32-7)12-9-18)23(21)24(22)25-26(29)31-15-14-30-25/h8-13,16-17,21,23-24H,14-15H2,1-7H3/b19-16-/t21-,23+,24-,29-/m0/s1. The number of methoxy groups -OCH3 is 1. The Hall–Kier alpha value is -2.42. The second-order valence-electron chi connectivity index (χ2n) is 11.8. The topological polar surface area (TPSA) is 34.0 Å². The van der Waals surface area contributed by atoms with Gasteiger partial charge in [-0.2, -0.15) is 0 Å². The minimum atomic E-state index is -0.125. The summed E-state index contributed by atoms with van der Waals surface area (Å²) in [4.78, 5) is 10.3. The van der Waals surface area contributed by atoms with Crippen LogP contribution in [0, 0.1) is 34.0 Å². The predicted molar refractivity (Wildman–Crippen MR) is 135 cm³/mol. The minimum Gasteiger partial charge on any atom is -0.497 e. The monoisotopic (exact) mass is 428 g/mol. The van der Waals surface area contributed by atoms with Gasteiger partial charge >= 0.3 is 0 Å². The normalized spacial score (nSPS) is 32.3. The molecule has 5 aliphatic rings. The molecule has 0 amide bonds. The van der Waals surface area contributed by atoms with Crippen molar-refractivity contribution in [2.45, 2.75) is 41.5 Å². The van der Waals surface area contributed by atoms with Crippen LogP contribution in [0.15, 0.2) is 63.6 Å². The van der Waals surface area contributed by atoms with Crippen LogP contribution in [0.2, 0.25) is 0 Å². The number of benzene rings is 1. The molecule has 0 aromatic heterocycles. The maximum atomic E-state index is 5.36. The lowest BCUT2D eigenvalue weighted by atomic mass is 9.42. The maximum Gasteiger partial charge on any atom is 0.118 e. The molecule has 4 atom stereocenters. The third kappa shape index (κ3) is 2.93. The van der Waals surface area contributed by atoms with Gasteiger partial charge in [-0.15, -0.1) is 0 Å². The number of nitrogens with zero attached hydrogens (tertiary/aromatic N) is 2. The first-order chi connectivity index (χ1) is 15.1. The highest BCUT2D eigenvalue weighted by Gasteiger charge is 2.65. The van der Waals surface area contributed by atoms with Crippen LogP contribution in [-0.4, -0.2) is 31.6 Å². The lowest BCUT2D eigenvalue weighted by Gasteiger charge is -2.61. The van der Waals surface area contributed by atoms with E-state index in [2.05, 4.69) is 78.0 Å². The Morgan fingerprint density at radius 3 is 2.31 bits per heavy atom. The summed E-state index contributed by atoms with van der Waals surface area (Å²) in [6.45, 7) is 15.9. The molecule has 168 valence electrons. The number of rotatable bonds is 2. The van der Waals surface area contributed by atoms with E-state index in [1.807, 2.05) is 12.1 Å². The Kier molecular flexibility index (Phi) is 4.71. The lowest BCUT2D eigenvalue weighted by Crippen LogP contribution is -2.63. The van der Waals surface area contributed by atoms with E-state index in [0.717, 1.165) is 18.8 Å². The zero-order valence-corrected chi connectivity index (χ0v) is 20.6. The molecule has 0 N–H and O–H groups in total. The summed E-state index contributed by atoms with van der Waals surface area (Å²) in [7, 11) is 1.72. The van der Waals surface area contributed by atoms with Crippen LogP contribution < -0.4 is 4.74 Å². The summed E-state index contributed by atoms with van der Waals surface area (Å²) in [5.41, 5.74) is 6.71. The first kappa shape index (κ1) is 21.4. The molecule has 0 unspecified atom stereocenters. The first-order valence-electron chi connectivity index (χ1n) is 11.9. The van der Waals surface area contributed by atoms with Crippen molar-refractivity contribution >= 4 is 17.5 Å². The van der Waals surface area contributed by atoms with Gasteiger partial charge in [0.2, 0.25) is 0 Å². The van der Waals surface area contributed by atoms with Crippen LogP contribution in [0.5, 0.6) is 5.75 Å². The van der Waals surface area contributed by atoms with Gasteiger partial charge in [-0.25, -0.2) is 0 Å². The molecule has 3 heteroatoms. The summed E-state index contributed by atoms with van der Waals surface area (Å²) in [6, 6.07) is 8.39. The third-order valence-corrected chi connectivity index (χ3v) is 8.01. The van der Waals surface area contributed by atoms with Gasteiger partial charge in [0.05, 0.1) is 31.6 Å².